The maximum absolute atomic E-state index is 12.7. The standard InChI is InChI=1S/C17H17BrO2/c1-11(2)20-16-7-5-4-6-14(16)17(19)15-10-13(18)9-8-12(15)3/h4-11H,1-3H3. The van der Waals surface area contributed by atoms with Crippen LogP contribution in [0.2, 0.25) is 0 Å². The maximum atomic E-state index is 12.7. The van der Waals surface area contributed by atoms with Crippen LogP contribution in [0.3, 0.4) is 0 Å². The van der Waals surface area contributed by atoms with Crippen molar-refractivity contribution < 1.29 is 9.53 Å². The normalized spacial score (nSPS) is 10.7. The van der Waals surface area contributed by atoms with Crippen LogP contribution in [0.1, 0.15) is 35.3 Å². The Morgan fingerprint density at radius 2 is 1.80 bits per heavy atom. The highest BCUT2D eigenvalue weighted by Gasteiger charge is 2.17. The minimum atomic E-state index is -0.0138. The fraction of sp³-hybridized carbons (Fsp3) is 0.235. The highest BCUT2D eigenvalue weighted by Crippen LogP contribution is 2.25. The number of carbonyl (C=O) groups is 1. The summed E-state index contributed by atoms with van der Waals surface area (Å²) in [5.41, 5.74) is 2.25. The van der Waals surface area contributed by atoms with Crippen molar-refractivity contribution in [1.29, 1.82) is 0 Å². The van der Waals surface area contributed by atoms with E-state index in [2.05, 4.69) is 15.9 Å². The Bertz CT molecular complexity index is 633. The molecule has 0 amide bonds. The summed E-state index contributed by atoms with van der Waals surface area (Å²) in [6.45, 7) is 5.84. The van der Waals surface area contributed by atoms with E-state index in [0.29, 0.717) is 16.9 Å². The average molecular weight is 333 g/mol. The molecule has 0 N–H and O–H groups in total. The first-order valence-corrected chi connectivity index (χ1v) is 7.35. The van der Waals surface area contributed by atoms with E-state index in [0.717, 1.165) is 10.0 Å². The van der Waals surface area contributed by atoms with Gasteiger partial charge in [0.15, 0.2) is 5.78 Å². The number of ketones is 1. The van der Waals surface area contributed by atoms with Gasteiger partial charge in [0.25, 0.3) is 0 Å². The average Bonchev–Trinajstić information content (AvgIpc) is 2.41. The molecule has 0 aromatic heterocycles. The minimum Gasteiger partial charge on any atom is -0.490 e. The Hall–Kier alpha value is -1.61. The largest absolute Gasteiger partial charge is 0.490 e. The molecule has 0 spiro atoms. The highest BCUT2D eigenvalue weighted by molar-refractivity contribution is 9.10. The molecule has 0 unspecified atom stereocenters. The van der Waals surface area contributed by atoms with Gasteiger partial charge in [0.1, 0.15) is 5.75 Å². The van der Waals surface area contributed by atoms with E-state index in [1.807, 2.05) is 57.2 Å². The molecule has 2 aromatic rings. The summed E-state index contributed by atoms with van der Waals surface area (Å²) in [5.74, 6) is 0.618. The van der Waals surface area contributed by atoms with Crippen LogP contribution in [0.25, 0.3) is 0 Å². The van der Waals surface area contributed by atoms with E-state index < -0.39 is 0 Å². The molecule has 20 heavy (non-hydrogen) atoms. The molecule has 0 heterocycles. The summed E-state index contributed by atoms with van der Waals surface area (Å²) in [7, 11) is 0. The molecular formula is C17H17BrO2. The number of ether oxygens (including phenoxy) is 1. The van der Waals surface area contributed by atoms with Crippen molar-refractivity contribution in [1.82, 2.24) is 0 Å². The summed E-state index contributed by atoms with van der Waals surface area (Å²) in [4.78, 5) is 12.7. The topological polar surface area (TPSA) is 26.3 Å². The molecule has 0 aliphatic rings. The maximum Gasteiger partial charge on any atom is 0.197 e. The summed E-state index contributed by atoms with van der Waals surface area (Å²) >= 11 is 3.41. The van der Waals surface area contributed by atoms with Crippen LogP contribution >= 0.6 is 15.9 Å². The number of hydrogen-bond donors (Lipinski definition) is 0. The highest BCUT2D eigenvalue weighted by atomic mass is 79.9. The zero-order valence-electron chi connectivity index (χ0n) is 11.8. The predicted octanol–water partition coefficient (Wildman–Crippen LogP) is 4.78. The predicted molar refractivity (Wildman–Crippen MR) is 84.5 cm³/mol. The van der Waals surface area contributed by atoms with Crippen molar-refractivity contribution in [3.05, 3.63) is 63.6 Å². The zero-order chi connectivity index (χ0) is 14.7. The van der Waals surface area contributed by atoms with Gasteiger partial charge in [0, 0.05) is 10.0 Å². The van der Waals surface area contributed by atoms with Gasteiger partial charge in [-0.1, -0.05) is 34.1 Å². The van der Waals surface area contributed by atoms with Gasteiger partial charge < -0.3 is 4.74 Å². The fourth-order valence-corrected chi connectivity index (χ4v) is 2.36. The Morgan fingerprint density at radius 1 is 1.10 bits per heavy atom. The number of carbonyl (C=O) groups excluding carboxylic acids is 1. The van der Waals surface area contributed by atoms with Crippen LogP contribution in [0.5, 0.6) is 5.75 Å². The van der Waals surface area contributed by atoms with Gasteiger partial charge >= 0.3 is 0 Å². The van der Waals surface area contributed by atoms with Crippen LogP contribution in [0, 0.1) is 6.92 Å². The van der Waals surface area contributed by atoms with Crippen molar-refractivity contribution in [3.8, 4) is 5.75 Å². The molecule has 2 aromatic carbocycles. The van der Waals surface area contributed by atoms with E-state index in [4.69, 9.17) is 4.74 Å². The second-order valence-electron chi connectivity index (χ2n) is 4.95. The molecule has 2 rings (SSSR count). The zero-order valence-corrected chi connectivity index (χ0v) is 13.4. The Balaban J connectivity index is 2.45. The molecule has 0 radical (unpaired) electrons. The van der Waals surface area contributed by atoms with Crippen molar-refractivity contribution in [3.63, 3.8) is 0 Å². The lowest BCUT2D eigenvalue weighted by Crippen LogP contribution is -2.11. The van der Waals surface area contributed by atoms with Gasteiger partial charge in [-0.2, -0.15) is 0 Å². The fourth-order valence-electron chi connectivity index (χ4n) is 1.99. The van der Waals surface area contributed by atoms with Gasteiger partial charge in [-0.25, -0.2) is 0 Å². The van der Waals surface area contributed by atoms with E-state index in [1.165, 1.54) is 0 Å². The van der Waals surface area contributed by atoms with Crippen LogP contribution in [-0.2, 0) is 0 Å². The Kier molecular flexibility index (Phi) is 4.61. The number of halogens is 1. The van der Waals surface area contributed by atoms with Gasteiger partial charge in [0.2, 0.25) is 0 Å². The third-order valence-electron chi connectivity index (χ3n) is 2.94. The van der Waals surface area contributed by atoms with Gasteiger partial charge in [-0.3, -0.25) is 4.79 Å². The molecule has 0 aliphatic carbocycles. The molecule has 0 bridgehead atoms. The molecule has 0 aliphatic heterocycles. The quantitative estimate of drug-likeness (QED) is 0.753. The molecule has 0 saturated carbocycles. The lowest BCUT2D eigenvalue weighted by Gasteiger charge is -2.14. The summed E-state index contributed by atoms with van der Waals surface area (Å²) < 4.78 is 6.62. The molecule has 104 valence electrons. The van der Waals surface area contributed by atoms with Gasteiger partial charge in [-0.05, 0) is 50.6 Å². The Morgan fingerprint density at radius 3 is 2.50 bits per heavy atom. The molecule has 2 nitrogen and oxygen atoms in total. The third-order valence-corrected chi connectivity index (χ3v) is 3.43. The molecule has 0 atom stereocenters. The van der Waals surface area contributed by atoms with Crippen LogP contribution in [0.15, 0.2) is 46.9 Å². The summed E-state index contributed by atoms with van der Waals surface area (Å²) in [5, 5.41) is 0. The first-order valence-electron chi connectivity index (χ1n) is 6.55. The van der Waals surface area contributed by atoms with E-state index >= 15 is 0 Å². The number of hydrogen-bond acceptors (Lipinski definition) is 2. The molecular weight excluding hydrogens is 316 g/mol. The summed E-state index contributed by atoms with van der Waals surface area (Å²) in [6, 6.07) is 13.1. The minimum absolute atomic E-state index is 0.0138. The summed E-state index contributed by atoms with van der Waals surface area (Å²) in [6.07, 6.45) is 0.0348. The number of benzene rings is 2. The van der Waals surface area contributed by atoms with Gasteiger partial charge in [-0.15, -0.1) is 0 Å². The van der Waals surface area contributed by atoms with Crippen LogP contribution in [-0.4, -0.2) is 11.9 Å². The van der Waals surface area contributed by atoms with Crippen LogP contribution < -0.4 is 4.74 Å². The van der Waals surface area contributed by atoms with E-state index in [1.54, 1.807) is 6.07 Å². The first-order chi connectivity index (χ1) is 9.49. The van der Waals surface area contributed by atoms with Crippen molar-refractivity contribution >= 4 is 21.7 Å². The number of para-hydroxylation sites is 1. The smallest absolute Gasteiger partial charge is 0.197 e. The Labute approximate surface area is 127 Å². The molecule has 3 heteroatoms. The third kappa shape index (κ3) is 3.28. The van der Waals surface area contributed by atoms with E-state index in [-0.39, 0.29) is 11.9 Å². The number of rotatable bonds is 4. The molecule has 0 fully saturated rings. The SMILES string of the molecule is Cc1ccc(Br)cc1C(=O)c1ccccc1OC(C)C. The monoisotopic (exact) mass is 332 g/mol. The lowest BCUT2D eigenvalue weighted by molar-refractivity contribution is 0.103. The lowest BCUT2D eigenvalue weighted by atomic mass is 9.98. The van der Waals surface area contributed by atoms with Crippen molar-refractivity contribution in [2.24, 2.45) is 0 Å². The second kappa shape index (κ2) is 6.23. The van der Waals surface area contributed by atoms with Crippen molar-refractivity contribution in [2.75, 3.05) is 0 Å². The van der Waals surface area contributed by atoms with Crippen molar-refractivity contribution in [2.45, 2.75) is 26.9 Å². The number of aryl methyl sites for hydroxylation is 1. The first kappa shape index (κ1) is 14.8. The van der Waals surface area contributed by atoms with Gasteiger partial charge in [0.05, 0.1) is 11.7 Å². The van der Waals surface area contributed by atoms with Crippen LogP contribution in [0.4, 0.5) is 0 Å². The molecule has 0 saturated heterocycles. The van der Waals surface area contributed by atoms with E-state index in [9.17, 15) is 4.79 Å². The second-order valence-corrected chi connectivity index (χ2v) is 5.87.